The Morgan fingerprint density at radius 3 is 1.72 bits per heavy atom. The summed E-state index contributed by atoms with van der Waals surface area (Å²) in [6, 6.07) is 23.8. The molecular weight excluding hydrogens is 440 g/mol. The van der Waals surface area contributed by atoms with E-state index in [1.165, 1.54) is 11.1 Å². The van der Waals surface area contributed by atoms with Crippen molar-refractivity contribution in [1.82, 2.24) is 0 Å². The summed E-state index contributed by atoms with van der Waals surface area (Å²) in [5.41, 5.74) is 3.45. The van der Waals surface area contributed by atoms with Crippen molar-refractivity contribution in [2.24, 2.45) is 0 Å². The van der Waals surface area contributed by atoms with Crippen molar-refractivity contribution in [2.75, 3.05) is 11.7 Å². The lowest BCUT2D eigenvalue weighted by Gasteiger charge is -2.32. The van der Waals surface area contributed by atoms with E-state index in [-0.39, 0.29) is 0 Å². The molecule has 3 aromatic rings. The Morgan fingerprint density at radius 1 is 0.800 bits per heavy atom. The number of nitrogens with zero attached hydrogens (tertiary/aromatic N) is 1. The molecule has 0 heterocycles. The molecule has 0 amide bonds. The van der Waals surface area contributed by atoms with Crippen LogP contribution >= 0.6 is 29.9 Å². The van der Waals surface area contributed by atoms with Crippen LogP contribution in [-0.2, 0) is 4.57 Å². The topological polar surface area (TPSA) is 20.3 Å². The van der Waals surface area contributed by atoms with Crippen LogP contribution in [0.1, 0.15) is 11.1 Å². The first-order valence-electron chi connectivity index (χ1n) is 8.17. The third-order valence-corrected chi connectivity index (χ3v) is 8.47. The average Bonchev–Trinajstić information content (AvgIpc) is 2.65. The highest BCUT2D eigenvalue weighted by Crippen LogP contribution is 2.50. The normalized spacial score (nSPS) is 11.4. The molecule has 2 nitrogen and oxygen atoms in total. The van der Waals surface area contributed by atoms with Crippen LogP contribution in [0.2, 0.25) is 0 Å². The van der Waals surface area contributed by atoms with Crippen LogP contribution in [-0.4, -0.2) is 7.05 Å². The molecule has 0 aliphatic rings. The van der Waals surface area contributed by atoms with Crippen molar-refractivity contribution in [3.05, 3.63) is 87.5 Å². The van der Waals surface area contributed by atoms with E-state index < -0.39 is 7.29 Å². The standard InChI is InChI=1S/C21H21INOP/c1-16-14-20(22)21(15-17(16)2)23(3)25(24,18-10-6-4-7-11-18)19-12-8-5-9-13-19/h4-15H,1-3H3. The SMILES string of the molecule is Cc1cc(I)c(N(C)P(=O)(c2ccccc2)c2ccccc2)cc1C. The molecule has 0 spiro atoms. The minimum absolute atomic E-state index is 0.845. The van der Waals surface area contributed by atoms with E-state index in [1.807, 2.05) is 72.4 Å². The first-order chi connectivity index (χ1) is 11.9. The molecule has 0 unspecified atom stereocenters. The maximum Gasteiger partial charge on any atom is 0.229 e. The van der Waals surface area contributed by atoms with Gasteiger partial charge < -0.3 is 4.67 Å². The van der Waals surface area contributed by atoms with Crippen LogP contribution in [0.4, 0.5) is 5.69 Å². The Kier molecular flexibility index (Phi) is 5.35. The number of benzene rings is 3. The predicted molar refractivity (Wildman–Crippen MR) is 117 cm³/mol. The van der Waals surface area contributed by atoms with Gasteiger partial charge in [0.15, 0.2) is 0 Å². The van der Waals surface area contributed by atoms with Crippen molar-refractivity contribution in [1.29, 1.82) is 0 Å². The van der Waals surface area contributed by atoms with Crippen LogP contribution in [0.5, 0.6) is 0 Å². The maximum absolute atomic E-state index is 14.4. The highest BCUT2D eigenvalue weighted by Gasteiger charge is 2.33. The number of hydrogen-bond donors (Lipinski definition) is 0. The van der Waals surface area contributed by atoms with E-state index >= 15 is 0 Å². The molecule has 0 fully saturated rings. The number of anilines is 1. The van der Waals surface area contributed by atoms with Gasteiger partial charge in [-0.2, -0.15) is 0 Å². The van der Waals surface area contributed by atoms with E-state index in [0.717, 1.165) is 19.9 Å². The zero-order valence-corrected chi connectivity index (χ0v) is 17.7. The fourth-order valence-electron chi connectivity index (χ4n) is 2.92. The van der Waals surface area contributed by atoms with Crippen molar-refractivity contribution >= 4 is 46.2 Å². The molecule has 25 heavy (non-hydrogen) atoms. The van der Waals surface area contributed by atoms with Gasteiger partial charge in [-0.05, 0) is 84.0 Å². The number of halogens is 1. The Bertz CT molecular complexity index is 882. The Hall–Kier alpha value is -1.58. The second-order valence-corrected chi connectivity index (χ2v) is 10.1. The molecule has 3 aromatic carbocycles. The van der Waals surface area contributed by atoms with Gasteiger partial charge in [0, 0.05) is 21.2 Å². The van der Waals surface area contributed by atoms with Crippen molar-refractivity contribution in [2.45, 2.75) is 13.8 Å². The van der Waals surface area contributed by atoms with Gasteiger partial charge in [0.1, 0.15) is 0 Å². The first kappa shape index (κ1) is 18.2. The van der Waals surface area contributed by atoms with Crippen molar-refractivity contribution < 1.29 is 4.57 Å². The molecule has 0 aromatic heterocycles. The lowest BCUT2D eigenvalue weighted by molar-refractivity contribution is 0.586. The Balaban J connectivity index is 2.23. The molecule has 0 radical (unpaired) electrons. The zero-order chi connectivity index (χ0) is 18.0. The smallest absolute Gasteiger partial charge is 0.229 e. The molecule has 0 saturated carbocycles. The first-order valence-corrected chi connectivity index (χ1v) is 10.9. The summed E-state index contributed by atoms with van der Waals surface area (Å²) in [6.07, 6.45) is 0. The number of hydrogen-bond acceptors (Lipinski definition) is 1. The Labute approximate surface area is 163 Å². The number of aryl methyl sites for hydroxylation is 2. The summed E-state index contributed by atoms with van der Waals surface area (Å²) in [6.45, 7) is 4.20. The molecule has 128 valence electrons. The second-order valence-electron chi connectivity index (χ2n) is 6.16. The molecule has 0 N–H and O–H groups in total. The molecule has 0 bridgehead atoms. The fourth-order valence-corrected chi connectivity index (χ4v) is 6.71. The van der Waals surface area contributed by atoms with Gasteiger partial charge >= 0.3 is 0 Å². The van der Waals surface area contributed by atoms with E-state index in [0.29, 0.717) is 0 Å². The fraction of sp³-hybridized carbons (Fsp3) is 0.143. The van der Waals surface area contributed by atoms with E-state index in [2.05, 4.69) is 48.6 Å². The van der Waals surface area contributed by atoms with Crippen molar-refractivity contribution in [3.63, 3.8) is 0 Å². The highest BCUT2D eigenvalue weighted by atomic mass is 127. The van der Waals surface area contributed by atoms with Crippen LogP contribution < -0.4 is 15.3 Å². The summed E-state index contributed by atoms with van der Waals surface area (Å²) < 4.78 is 17.5. The molecular formula is C21H21INOP. The third-order valence-electron chi connectivity index (χ3n) is 4.55. The quantitative estimate of drug-likeness (QED) is 0.390. The summed E-state index contributed by atoms with van der Waals surface area (Å²) in [5, 5.41) is 1.69. The largest absolute Gasteiger partial charge is 0.318 e. The minimum atomic E-state index is -2.97. The van der Waals surface area contributed by atoms with E-state index in [9.17, 15) is 4.57 Å². The summed E-state index contributed by atoms with van der Waals surface area (Å²) in [5.74, 6) is 0. The van der Waals surface area contributed by atoms with Gasteiger partial charge in [-0.15, -0.1) is 0 Å². The average molecular weight is 461 g/mol. The molecule has 3 rings (SSSR count). The van der Waals surface area contributed by atoms with Crippen LogP contribution in [0.3, 0.4) is 0 Å². The van der Waals surface area contributed by atoms with Crippen LogP contribution in [0.15, 0.2) is 72.8 Å². The molecule has 0 aliphatic heterocycles. The number of rotatable bonds is 4. The van der Waals surface area contributed by atoms with Gasteiger partial charge in [-0.25, -0.2) is 0 Å². The van der Waals surface area contributed by atoms with E-state index in [1.54, 1.807) is 0 Å². The van der Waals surface area contributed by atoms with Gasteiger partial charge in [-0.1, -0.05) is 36.4 Å². The molecule has 4 heteroatoms. The van der Waals surface area contributed by atoms with Crippen LogP contribution in [0.25, 0.3) is 0 Å². The van der Waals surface area contributed by atoms with Crippen molar-refractivity contribution in [3.8, 4) is 0 Å². The third kappa shape index (κ3) is 3.40. The molecule has 0 saturated heterocycles. The lowest BCUT2D eigenvalue weighted by atomic mass is 10.1. The van der Waals surface area contributed by atoms with Gasteiger partial charge in [0.2, 0.25) is 7.29 Å². The second kappa shape index (κ2) is 7.35. The minimum Gasteiger partial charge on any atom is -0.318 e. The Morgan fingerprint density at radius 2 is 1.24 bits per heavy atom. The highest BCUT2D eigenvalue weighted by molar-refractivity contribution is 14.1. The monoisotopic (exact) mass is 461 g/mol. The zero-order valence-electron chi connectivity index (χ0n) is 14.6. The van der Waals surface area contributed by atoms with Gasteiger partial charge in [-0.3, -0.25) is 4.57 Å². The molecule has 0 atom stereocenters. The summed E-state index contributed by atoms with van der Waals surface area (Å²) in [4.78, 5) is 0. The summed E-state index contributed by atoms with van der Waals surface area (Å²) in [7, 11) is -1.03. The van der Waals surface area contributed by atoms with Gasteiger partial charge in [0.05, 0.1) is 5.69 Å². The molecule has 0 aliphatic carbocycles. The lowest BCUT2D eigenvalue weighted by Crippen LogP contribution is -2.30. The van der Waals surface area contributed by atoms with E-state index in [4.69, 9.17) is 0 Å². The maximum atomic E-state index is 14.4. The van der Waals surface area contributed by atoms with Gasteiger partial charge in [0.25, 0.3) is 0 Å². The predicted octanol–water partition coefficient (Wildman–Crippen LogP) is 5.27. The van der Waals surface area contributed by atoms with Crippen LogP contribution in [0, 0.1) is 17.4 Å². The summed E-state index contributed by atoms with van der Waals surface area (Å²) >= 11 is 2.33.